The van der Waals surface area contributed by atoms with Crippen LogP contribution in [0.2, 0.25) is 0 Å². The van der Waals surface area contributed by atoms with Gasteiger partial charge in [0.1, 0.15) is 0 Å². The Bertz CT molecular complexity index is 164. The van der Waals surface area contributed by atoms with Gasteiger partial charge in [0.05, 0.1) is 6.61 Å². The summed E-state index contributed by atoms with van der Waals surface area (Å²) in [7, 11) is 0. The van der Waals surface area contributed by atoms with E-state index in [2.05, 4.69) is 18.3 Å². The van der Waals surface area contributed by atoms with Gasteiger partial charge in [-0.25, -0.2) is 0 Å². The third kappa shape index (κ3) is 4.12. The molecule has 1 fully saturated rings. The van der Waals surface area contributed by atoms with E-state index in [9.17, 15) is 0 Å². The Kier molecular flexibility index (Phi) is 4.78. The SMILES string of the molecule is CC1(NC/C=C/CCl)CCCOC1. The van der Waals surface area contributed by atoms with Crippen LogP contribution in [0.25, 0.3) is 0 Å². The van der Waals surface area contributed by atoms with Crippen molar-refractivity contribution < 1.29 is 4.74 Å². The van der Waals surface area contributed by atoms with Crippen LogP contribution in [0.3, 0.4) is 0 Å². The van der Waals surface area contributed by atoms with E-state index in [4.69, 9.17) is 16.3 Å². The van der Waals surface area contributed by atoms with Gasteiger partial charge in [-0.15, -0.1) is 11.6 Å². The molecule has 0 amide bonds. The van der Waals surface area contributed by atoms with Crippen molar-refractivity contribution in [1.29, 1.82) is 0 Å². The van der Waals surface area contributed by atoms with Gasteiger partial charge in [-0.3, -0.25) is 0 Å². The smallest absolute Gasteiger partial charge is 0.0645 e. The standard InChI is InChI=1S/C10H18ClNO/c1-10(5-4-8-13-9-10)12-7-3-2-6-11/h2-3,12H,4-9H2,1H3/b3-2+. The fourth-order valence-electron chi connectivity index (χ4n) is 1.53. The summed E-state index contributed by atoms with van der Waals surface area (Å²) in [5.74, 6) is 0.592. The minimum absolute atomic E-state index is 0.162. The Morgan fingerprint density at radius 2 is 2.38 bits per heavy atom. The highest BCUT2D eigenvalue weighted by Gasteiger charge is 2.25. The van der Waals surface area contributed by atoms with Crippen molar-refractivity contribution >= 4 is 11.6 Å². The minimum Gasteiger partial charge on any atom is -0.380 e. The number of alkyl halides is 1. The van der Waals surface area contributed by atoms with Crippen molar-refractivity contribution in [2.45, 2.75) is 25.3 Å². The molecule has 76 valence electrons. The number of rotatable bonds is 4. The van der Waals surface area contributed by atoms with Gasteiger partial charge in [0, 0.05) is 24.6 Å². The predicted molar refractivity (Wildman–Crippen MR) is 56.3 cm³/mol. The molecule has 0 spiro atoms. The fraction of sp³-hybridized carbons (Fsp3) is 0.800. The lowest BCUT2D eigenvalue weighted by atomic mass is 9.95. The first kappa shape index (κ1) is 11.0. The monoisotopic (exact) mass is 203 g/mol. The van der Waals surface area contributed by atoms with Gasteiger partial charge >= 0.3 is 0 Å². The maximum Gasteiger partial charge on any atom is 0.0645 e. The second-order valence-corrected chi connectivity index (χ2v) is 4.03. The Balaban J connectivity index is 2.21. The molecule has 0 bridgehead atoms. The van der Waals surface area contributed by atoms with E-state index >= 15 is 0 Å². The van der Waals surface area contributed by atoms with E-state index in [1.165, 1.54) is 6.42 Å². The van der Waals surface area contributed by atoms with Gasteiger partial charge in [-0.05, 0) is 19.8 Å². The van der Waals surface area contributed by atoms with Gasteiger partial charge < -0.3 is 10.1 Å². The molecule has 0 aromatic carbocycles. The molecule has 1 N–H and O–H groups in total. The Hall–Kier alpha value is -0.0500. The number of halogens is 1. The van der Waals surface area contributed by atoms with Crippen LogP contribution in [0, 0.1) is 0 Å². The summed E-state index contributed by atoms with van der Waals surface area (Å²) in [6, 6.07) is 0. The molecule has 1 heterocycles. The number of nitrogens with one attached hydrogen (secondary N) is 1. The van der Waals surface area contributed by atoms with Gasteiger partial charge in [0.2, 0.25) is 0 Å². The molecule has 2 nitrogen and oxygen atoms in total. The molecule has 0 aromatic heterocycles. The Morgan fingerprint density at radius 1 is 1.54 bits per heavy atom. The fourth-order valence-corrected chi connectivity index (χ4v) is 1.65. The summed E-state index contributed by atoms with van der Waals surface area (Å²) in [6.45, 7) is 4.82. The van der Waals surface area contributed by atoms with Crippen molar-refractivity contribution in [2.75, 3.05) is 25.6 Å². The van der Waals surface area contributed by atoms with Crippen LogP contribution >= 0.6 is 11.6 Å². The third-order valence-electron chi connectivity index (χ3n) is 2.34. The molecule has 0 radical (unpaired) electrons. The molecule has 0 aliphatic carbocycles. The summed E-state index contributed by atoms with van der Waals surface area (Å²) < 4.78 is 5.43. The molecule has 0 aromatic rings. The third-order valence-corrected chi connectivity index (χ3v) is 2.52. The number of hydrogen-bond donors (Lipinski definition) is 1. The first-order valence-corrected chi connectivity index (χ1v) is 5.34. The van der Waals surface area contributed by atoms with Crippen LogP contribution in [0.5, 0.6) is 0 Å². The minimum atomic E-state index is 0.162. The van der Waals surface area contributed by atoms with Crippen LogP contribution in [0.15, 0.2) is 12.2 Å². The van der Waals surface area contributed by atoms with Crippen LogP contribution < -0.4 is 5.32 Å². The van der Waals surface area contributed by atoms with Gasteiger partial charge in [-0.1, -0.05) is 12.2 Å². The molecule has 1 aliphatic heterocycles. The van der Waals surface area contributed by atoms with Crippen molar-refractivity contribution in [1.82, 2.24) is 5.32 Å². The van der Waals surface area contributed by atoms with E-state index in [1.807, 2.05) is 6.08 Å². The molecule has 1 aliphatic rings. The molecule has 0 saturated carbocycles. The molecular formula is C10H18ClNO. The number of ether oxygens (including phenoxy) is 1. The lowest BCUT2D eigenvalue weighted by Crippen LogP contribution is -2.48. The lowest BCUT2D eigenvalue weighted by molar-refractivity contribution is 0.0302. The van der Waals surface area contributed by atoms with Gasteiger partial charge in [0.25, 0.3) is 0 Å². The molecule has 13 heavy (non-hydrogen) atoms. The topological polar surface area (TPSA) is 21.3 Å². The summed E-state index contributed by atoms with van der Waals surface area (Å²) in [6.07, 6.45) is 6.37. The zero-order valence-corrected chi connectivity index (χ0v) is 8.94. The second-order valence-electron chi connectivity index (χ2n) is 3.72. The van der Waals surface area contributed by atoms with Crippen molar-refractivity contribution in [2.24, 2.45) is 0 Å². The lowest BCUT2D eigenvalue weighted by Gasteiger charge is -2.34. The largest absolute Gasteiger partial charge is 0.380 e. The van der Waals surface area contributed by atoms with Crippen LogP contribution in [0.1, 0.15) is 19.8 Å². The Morgan fingerprint density at radius 3 is 3.00 bits per heavy atom. The number of allylic oxidation sites excluding steroid dienone is 1. The highest BCUT2D eigenvalue weighted by molar-refractivity contribution is 6.18. The normalized spacial score (nSPS) is 29.7. The zero-order chi connectivity index (χ0) is 9.57. The summed E-state index contributed by atoms with van der Waals surface area (Å²) in [5.41, 5.74) is 0.162. The molecule has 3 heteroatoms. The average Bonchev–Trinajstić information content (AvgIpc) is 2.14. The predicted octanol–water partition coefficient (Wildman–Crippen LogP) is 1.94. The highest BCUT2D eigenvalue weighted by atomic mass is 35.5. The van der Waals surface area contributed by atoms with E-state index in [-0.39, 0.29) is 5.54 Å². The second kappa shape index (κ2) is 5.63. The van der Waals surface area contributed by atoms with Gasteiger partial charge in [-0.2, -0.15) is 0 Å². The molecule has 1 saturated heterocycles. The first-order valence-electron chi connectivity index (χ1n) is 4.81. The molecule has 1 atom stereocenters. The highest BCUT2D eigenvalue weighted by Crippen LogP contribution is 2.17. The summed E-state index contributed by atoms with van der Waals surface area (Å²) in [4.78, 5) is 0. The average molecular weight is 204 g/mol. The Labute approximate surface area is 85.3 Å². The van der Waals surface area contributed by atoms with Gasteiger partial charge in [0.15, 0.2) is 0 Å². The quantitative estimate of drug-likeness (QED) is 0.557. The molecule has 1 unspecified atom stereocenters. The van der Waals surface area contributed by atoms with Crippen molar-refractivity contribution in [3.63, 3.8) is 0 Å². The zero-order valence-electron chi connectivity index (χ0n) is 8.18. The summed E-state index contributed by atoms with van der Waals surface area (Å²) in [5, 5.41) is 3.46. The summed E-state index contributed by atoms with van der Waals surface area (Å²) >= 11 is 5.52. The van der Waals surface area contributed by atoms with E-state index in [0.717, 1.165) is 26.2 Å². The van der Waals surface area contributed by atoms with Crippen molar-refractivity contribution in [3.05, 3.63) is 12.2 Å². The van der Waals surface area contributed by atoms with E-state index < -0.39 is 0 Å². The van der Waals surface area contributed by atoms with Crippen LogP contribution in [0.4, 0.5) is 0 Å². The molecule has 1 rings (SSSR count). The van der Waals surface area contributed by atoms with Crippen LogP contribution in [-0.4, -0.2) is 31.2 Å². The van der Waals surface area contributed by atoms with E-state index in [0.29, 0.717) is 5.88 Å². The van der Waals surface area contributed by atoms with Crippen LogP contribution in [-0.2, 0) is 4.74 Å². The maximum absolute atomic E-state index is 5.52. The van der Waals surface area contributed by atoms with Crippen molar-refractivity contribution in [3.8, 4) is 0 Å². The number of hydrogen-bond acceptors (Lipinski definition) is 2. The van der Waals surface area contributed by atoms with E-state index in [1.54, 1.807) is 0 Å². The maximum atomic E-state index is 5.52. The first-order chi connectivity index (χ1) is 6.27. The molecular weight excluding hydrogens is 186 g/mol.